The van der Waals surface area contributed by atoms with Crippen LogP contribution in [-0.4, -0.2) is 42.2 Å². The highest BCUT2D eigenvalue weighted by Gasteiger charge is 2.29. The molecule has 8 nitrogen and oxygen atoms in total. The highest BCUT2D eigenvalue weighted by atomic mass is 32.2. The normalized spacial score (nSPS) is 15.6. The molecule has 10 heteroatoms. The van der Waals surface area contributed by atoms with Gasteiger partial charge in [-0.1, -0.05) is 30.6 Å². The van der Waals surface area contributed by atoms with Crippen molar-refractivity contribution in [1.82, 2.24) is 8.87 Å². The number of hydrogen-bond acceptors (Lipinski definition) is 5. The van der Waals surface area contributed by atoms with Gasteiger partial charge in [-0.3, -0.25) is 9.59 Å². The first-order valence-corrected chi connectivity index (χ1v) is 14.0. The Labute approximate surface area is 209 Å². The van der Waals surface area contributed by atoms with Gasteiger partial charge in [-0.2, -0.15) is 9.30 Å². The number of rotatable bonds is 6. The van der Waals surface area contributed by atoms with E-state index in [2.05, 4.69) is 10.3 Å². The Morgan fingerprint density at radius 1 is 1.11 bits per heavy atom. The quantitative estimate of drug-likeness (QED) is 0.528. The van der Waals surface area contributed by atoms with Gasteiger partial charge < -0.3 is 9.88 Å². The first kappa shape index (κ1) is 25.3. The molecule has 4 rings (SSSR count). The summed E-state index contributed by atoms with van der Waals surface area (Å²) >= 11 is 1.36. The van der Waals surface area contributed by atoms with Gasteiger partial charge in [-0.25, -0.2) is 8.42 Å². The molecular weight excluding hydrogens is 484 g/mol. The van der Waals surface area contributed by atoms with E-state index in [1.54, 1.807) is 7.05 Å². The zero-order chi connectivity index (χ0) is 25.2. The van der Waals surface area contributed by atoms with E-state index in [1.807, 2.05) is 29.7 Å². The van der Waals surface area contributed by atoms with Crippen LogP contribution in [0, 0.1) is 0 Å². The average Bonchev–Trinajstić information content (AvgIpc) is 3.19. The van der Waals surface area contributed by atoms with Crippen molar-refractivity contribution < 1.29 is 18.0 Å². The molecule has 0 radical (unpaired) electrons. The number of aromatic nitrogens is 1. The van der Waals surface area contributed by atoms with Gasteiger partial charge in [-0.05, 0) is 62.2 Å². The summed E-state index contributed by atoms with van der Waals surface area (Å²) < 4.78 is 30.5. The van der Waals surface area contributed by atoms with Gasteiger partial charge in [0.05, 0.1) is 15.1 Å². The molecule has 0 atom stereocenters. The zero-order valence-corrected chi connectivity index (χ0v) is 21.8. The number of carbonyl (C=O) groups is 2. The molecule has 1 aliphatic carbocycles. The third-order valence-corrected chi connectivity index (χ3v) is 9.35. The molecule has 35 heavy (non-hydrogen) atoms. The van der Waals surface area contributed by atoms with Crippen molar-refractivity contribution >= 4 is 49.1 Å². The number of benzene rings is 2. The van der Waals surface area contributed by atoms with Crippen LogP contribution in [0.3, 0.4) is 0 Å². The lowest BCUT2D eigenvalue weighted by molar-refractivity contribution is -0.114. The van der Waals surface area contributed by atoms with E-state index in [-0.39, 0.29) is 16.8 Å². The van der Waals surface area contributed by atoms with E-state index in [9.17, 15) is 18.0 Å². The maximum atomic E-state index is 13.1. The first-order chi connectivity index (χ1) is 16.7. The van der Waals surface area contributed by atoms with Crippen LogP contribution in [0.15, 0.2) is 52.4 Å². The lowest BCUT2D eigenvalue weighted by atomic mass is 9.96. The number of aryl methyl sites for hydroxylation is 1. The largest absolute Gasteiger partial charge is 0.326 e. The van der Waals surface area contributed by atoms with Crippen molar-refractivity contribution in [3.05, 3.63) is 52.8 Å². The third-order valence-electron chi connectivity index (χ3n) is 6.38. The Hall–Kier alpha value is -2.82. The van der Waals surface area contributed by atoms with Gasteiger partial charge in [0.2, 0.25) is 15.9 Å². The van der Waals surface area contributed by atoms with E-state index in [0.29, 0.717) is 22.6 Å². The van der Waals surface area contributed by atoms with Crippen LogP contribution in [-0.2, 0) is 21.4 Å². The SMILES string of the molecule is CCn1c(=NC(=O)c2ccc(S(=O)(=O)N(C)C3CCCCC3)cc2)sc2cc(NC(C)=O)ccc21. The molecule has 186 valence electrons. The second-order valence-electron chi connectivity index (χ2n) is 8.75. The highest BCUT2D eigenvalue weighted by molar-refractivity contribution is 7.89. The van der Waals surface area contributed by atoms with Crippen LogP contribution in [0.1, 0.15) is 56.3 Å². The zero-order valence-electron chi connectivity index (χ0n) is 20.2. The molecule has 0 bridgehead atoms. The van der Waals surface area contributed by atoms with Gasteiger partial charge in [0, 0.05) is 37.8 Å². The fraction of sp³-hybridized carbons (Fsp3) is 0.400. The number of thiazole rings is 1. The smallest absolute Gasteiger partial charge is 0.279 e. The molecule has 1 N–H and O–H groups in total. The first-order valence-electron chi connectivity index (χ1n) is 11.8. The summed E-state index contributed by atoms with van der Waals surface area (Å²) in [6, 6.07) is 11.6. The molecule has 1 heterocycles. The number of amides is 2. The lowest BCUT2D eigenvalue weighted by Crippen LogP contribution is -2.38. The molecule has 0 saturated heterocycles. The second-order valence-corrected chi connectivity index (χ2v) is 11.8. The van der Waals surface area contributed by atoms with E-state index in [4.69, 9.17) is 0 Å². The number of fused-ring (bicyclic) bond motifs is 1. The third kappa shape index (κ3) is 5.39. The number of anilines is 1. The van der Waals surface area contributed by atoms with Crippen molar-refractivity contribution in [1.29, 1.82) is 0 Å². The van der Waals surface area contributed by atoms with Crippen LogP contribution in [0.5, 0.6) is 0 Å². The van der Waals surface area contributed by atoms with Gasteiger partial charge in [0.15, 0.2) is 4.80 Å². The van der Waals surface area contributed by atoms with Gasteiger partial charge >= 0.3 is 0 Å². The van der Waals surface area contributed by atoms with Crippen LogP contribution < -0.4 is 10.1 Å². The average molecular weight is 515 g/mol. The van der Waals surface area contributed by atoms with Crippen molar-refractivity contribution in [2.45, 2.75) is 63.4 Å². The van der Waals surface area contributed by atoms with E-state index in [1.165, 1.54) is 46.8 Å². The van der Waals surface area contributed by atoms with Crippen molar-refractivity contribution in [3.63, 3.8) is 0 Å². The Morgan fingerprint density at radius 2 is 1.80 bits per heavy atom. The Balaban J connectivity index is 1.60. The van der Waals surface area contributed by atoms with Gasteiger partial charge in [-0.15, -0.1) is 0 Å². The molecule has 1 fully saturated rings. The maximum Gasteiger partial charge on any atom is 0.279 e. The molecule has 1 aromatic heterocycles. The lowest BCUT2D eigenvalue weighted by Gasteiger charge is -2.30. The number of carbonyl (C=O) groups excluding carboxylic acids is 2. The molecule has 0 unspecified atom stereocenters. The molecule has 1 saturated carbocycles. The predicted octanol–water partition coefficient (Wildman–Crippen LogP) is 4.38. The molecule has 0 aliphatic heterocycles. The molecular formula is C25H30N4O4S2. The fourth-order valence-corrected chi connectivity index (χ4v) is 7.02. The topological polar surface area (TPSA) is 101 Å². The number of nitrogens with zero attached hydrogens (tertiary/aromatic N) is 3. The Morgan fingerprint density at radius 3 is 2.43 bits per heavy atom. The van der Waals surface area contributed by atoms with Gasteiger partial charge in [0.25, 0.3) is 5.91 Å². The summed E-state index contributed by atoms with van der Waals surface area (Å²) in [5.41, 5.74) is 1.93. The standard InChI is InChI=1S/C25H30N4O4S2/c1-4-29-22-15-12-19(26-17(2)30)16-23(22)34-25(29)27-24(31)18-10-13-21(14-11-18)35(32,33)28(3)20-8-6-5-7-9-20/h10-16,20H,4-9H2,1-3H3,(H,26,30). The fourth-order valence-electron chi connectivity index (χ4n) is 4.47. The van der Waals surface area contributed by atoms with Crippen LogP contribution in [0.2, 0.25) is 0 Å². The summed E-state index contributed by atoms with van der Waals surface area (Å²) in [6.45, 7) is 4.05. The van der Waals surface area contributed by atoms with Crippen LogP contribution in [0.25, 0.3) is 10.2 Å². The minimum Gasteiger partial charge on any atom is -0.326 e. The molecule has 0 spiro atoms. The maximum absolute atomic E-state index is 13.1. The van der Waals surface area contributed by atoms with E-state index >= 15 is 0 Å². The minimum atomic E-state index is -3.62. The molecule has 2 aromatic carbocycles. The Kier molecular flexibility index (Phi) is 7.53. The van der Waals surface area contributed by atoms with E-state index in [0.717, 1.165) is 42.3 Å². The highest BCUT2D eigenvalue weighted by Crippen LogP contribution is 2.27. The summed E-state index contributed by atoms with van der Waals surface area (Å²) in [7, 11) is -1.98. The Bertz CT molecular complexity index is 1420. The van der Waals surface area contributed by atoms with Crippen molar-refractivity contribution in [2.24, 2.45) is 4.99 Å². The minimum absolute atomic E-state index is 0.0219. The van der Waals surface area contributed by atoms with Crippen LogP contribution in [0.4, 0.5) is 5.69 Å². The predicted molar refractivity (Wildman–Crippen MR) is 138 cm³/mol. The number of hydrogen-bond donors (Lipinski definition) is 1. The van der Waals surface area contributed by atoms with Crippen molar-refractivity contribution in [3.8, 4) is 0 Å². The summed E-state index contributed by atoms with van der Waals surface area (Å²) in [5, 5.41) is 2.76. The van der Waals surface area contributed by atoms with E-state index < -0.39 is 15.9 Å². The van der Waals surface area contributed by atoms with Gasteiger partial charge in [0.1, 0.15) is 0 Å². The number of sulfonamides is 1. The molecule has 3 aromatic rings. The summed E-state index contributed by atoms with van der Waals surface area (Å²) in [5.74, 6) is -0.592. The monoisotopic (exact) mass is 514 g/mol. The second kappa shape index (κ2) is 10.4. The molecule has 2 amide bonds. The van der Waals surface area contributed by atoms with Crippen LogP contribution >= 0.6 is 11.3 Å². The number of nitrogens with one attached hydrogen (secondary N) is 1. The van der Waals surface area contributed by atoms with Crippen molar-refractivity contribution in [2.75, 3.05) is 12.4 Å². The summed E-state index contributed by atoms with van der Waals surface area (Å²) in [6.07, 6.45) is 5.00. The summed E-state index contributed by atoms with van der Waals surface area (Å²) in [4.78, 5) is 29.3. The molecule has 1 aliphatic rings.